The number of rotatable bonds is 3. The molecule has 20 heavy (non-hydrogen) atoms. The first-order chi connectivity index (χ1) is 9.46. The molecule has 3 rings (SSSR count). The highest BCUT2D eigenvalue weighted by molar-refractivity contribution is 7.90. The molecule has 1 aliphatic heterocycles. The van der Waals surface area contributed by atoms with Crippen LogP contribution in [0.2, 0.25) is 0 Å². The Balaban J connectivity index is 1.88. The predicted octanol–water partition coefficient (Wildman–Crippen LogP) is 1.50. The van der Waals surface area contributed by atoms with E-state index in [2.05, 4.69) is 21.8 Å². The minimum absolute atomic E-state index is 0.192. The lowest BCUT2D eigenvalue weighted by atomic mass is 9.90. The van der Waals surface area contributed by atoms with Crippen LogP contribution in [0, 0.1) is 5.92 Å². The molecule has 0 spiro atoms. The topological polar surface area (TPSA) is 63.2 Å². The Labute approximate surface area is 118 Å². The van der Waals surface area contributed by atoms with Gasteiger partial charge in [-0.15, -0.1) is 0 Å². The summed E-state index contributed by atoms with van der Waals surface area (Å²) in [5.41, 5.74) is 1.04. The molecule has 0 unspecified atom stereocenters. The first kappa shape index (κ1) is 13.3. The van der Waals surface area contributed by atoms with Crippen LogP contribution in [-0.4, -0.2) is 43.0 Å². The van der Waals surface area contributed by atoms with Crippen molar-refractivity contribution in [2.45, 2.75) is 13.0 Å². The second kappa shape index (κ2) is 4.70. The van der Waals surface area contributed by atoms with Gasteiger partial charge in [0.1, 0.15) is 9.84 Å². The molecular weight excluding hydrogens is 274 g/mol. The second-order valence-corrected chi connectivity index (χ2v) is 7.69. The number of fused-ring (bicyclic) bond motifs is 1. The van der Waals surface area contributed by atoms with Gasteiger partial charge in [0.2, 0.25) is 0 Å². The molecule has 5 nitrogen and oxygen atoms in total. The number of nitrogens with zero attached hydrogens (tertiary/aromatic N) is 3. The average Bonchev–Trinajstić information content (AvgIpc) is 2.41. The highest BCUT2D eigenvalue weighted by Gasteiger charge is 2.38. The van der Waals surface area contributed by atoms with E-state index < -0.39 is 9.84 Å². The van der Waals surface area contributed by atoms with Gasteiger partial charge in [-0.05, 0) is 13.0 Å². The monoisotopic (exact) mass is 291 g/mol. The molecular formula is C14H17N3O2S. The van der Waals surface area contributed by atoms with Crippen molar-refractivity contribution in [3.63, 3.8) is 0 Å². The molecule has 1 aliphatic rings. The molecule has 0 aliphatic carbocycles. The Kier molecular flexibility index (Phi) is 3.12. The number of aromatic nitrogens is 2. The molecule has 1 fully saturated rings. The number of sulfone groups is 1. The Morgan fingerprint density at radius 1 is 1.30 bits per heavy atom. The van der Waals surface area contributed by atoms with Crippen LogP contribution in [0.1, 0.15) is 6.92 Å². The molecule has 0 bridgehead atoms. The highest BCUT2D eigenvalue weighted by atomic mass is 32.2. The van der Waals surface area contributed by atoms with E-state index in [1.807, 2.05) is 24.7 Å². The molecule has 0 amide bonds. The summed E-state index contributed by atoms with van der Waals surface area (Å²) in [4.78, 5) is 10.6. The molecule has 6 heteroatoms. The van der Waals surface area contributed by atoms with Crippen LogP contribution in [0.15, 0.2) is 30.9 Å². The quantitative estimate of drug-likeness (QED) is 0.857. The van der Waals surface area contributed by atoms with E-state index >= 15 is 0 Å². The molecule has 3 heterocycles. The van der Waals surface area contributed by atoms with Crippen LogP contribution in [0.25, 0.3) is 10.8 Å². The van der Waals surface area contributed by atoms with Gasteiger partial charge in [0.25, 0.3) is 0 Å². The van der Waals surface area contributed by atoms with Crippen LogP contribution in [0.4, 0.5) is 5.69 Å². The third-order valence-corrected chi connectivity index (χ3v) is 5.01. The molecule has 2 atom stereocenters. The van der Waals surface area contributed by atoms with Crippen molar-refractivity contribution >= 4 is 26.3 Å². The lowest BCUT2D eigenvalue weighted by Gasteiger charge is -2.48. The summed E-state index contributed by atoms with van der Waals surface area (Å²) in [6, 6.07) is 2.14. The standard InChI is InChI=1S/C14H17N3O2S/c1-10-12(9-20(2,18)19)8-17(10)14-7-16-5-11-3-4-15-6-13(11)14/h3-7,10,12H,8-9H2,1-2H3/t10-,12-/m1/s1. The van der Waals surface area contributed by atoms with E-state index in [4.69, 9.17) is 0 Å². The van der Waals surface area contributed by atoms with E-state index in [1.165, 1.54) is 6.26 Å². The van der Waals surface area contributed by atoms with Crippen molar-refractivity contribution in [1.82, 2.24) is 9.97 Å². The Morgan fingerprint density at radius 2 is 2.10 bits per heavy atom. The zero-order valence-corrected chi connectivity index (χ0v) is 12.3. The summed E-state index contributed by atoms with van der Waals surface area (Å²) in [5.74, 6) is 0.443. The maximum absolute atomic E-state index is 11.4. The third-order valence-electron chi connectivity index (χ3n) is 3.97. The summed E-state index contributed by atoms with van der Waals surface area (Å²) >= 11 is 0. The van der Waals surface area contributed by atoms with Gasteiger partial charge in [0.05, 0.1) is 17.6 Å². The molecule has 0 radical (unpaired) electrons. The van der Waals surface area contributed by atoms with Gasteiger partial charge >= 0.3 is 0 Å². The van der Waals surface area contributed by atoms with Gasteiger partial charge in [0, 0.05) is 54.1 Å². The van der Waals surface area contributed by atoms with Crippen molar-refractivity contribution in [3.05, 3.63) is 30.9 Å². The summed E-state index contributed by atoms with van der Waals surface area (Å²) in [6.07, 6.45) is 8.53. The number of pyridine rings is 2. The summed E-state index contributed by atoms with van der Waals surface area (Å²) in [6.45, 7) is 2.82. The van der Waals surface area contributed by atoms with Gasteiger partial charge in [-0.25, -0.2) is 8.42 Å². The lowest BCUT2D eigenvalue weighted by Crippen LogP contribution is -2.57. The Morgan fingerprint density at radius 3 is 2.80 bits per heavy atom. The van der Waals surface area contributed by atoms with Crippen LogP contribution in [0.5, 0.6) is 0 Å². The van der Waals surface area contributed by atoms with Gasteiger partial charge in [-0.2, -0.15) is 0 Å². The van der Waals surface area contributed by atoms with Gasteiger partial charge in [-0.3, -0.25) is 9.97 Å². The lowest BCUT2D eigenvalue weighted by molar-refractivity contribution is 0.342. The maximum Gasteiger partial charge on any atom is 0.147 e. The average molecular weight is 291 g/mol. The highest BCUT2D eigenvalue weighted by Crippen LogP contribution is 2.35. The van der Waals surface area contributed by atoms with Crippen LogP contribution < -0.4 is 4.90 Å². The Bertz CT molecular complexity index is 740. The van der Waals surface area contributed by atoms with Gasteiger partial charge in [-0.1, -0.05) is 0 Å². The van der Waals surface area contributed by atoms with E-state index in [0.29, 0.717) is 0 Å². The smallest absolute Gasteiger partial charge is 0.147 e. The van der Waals surface area contributed by atoms with Gasteiger partial charge in [0.15, 0.2) is 0 Å². The number of anilines is 1. The minimum Gasteiger partial charge on any atom is -0.366 e. The van der Waals surface area contributed by atoms with Gasteiger partial charge < -0.3 is 4.90 Å². The van der Waals surface area contributed by atoms with E-state index in [-0.39, 0.29) is 17.7 Å². The third kappa shape index (κ3) is 2.35. The first-order valence-corrected chi connectivity index (χ1v) is 8.64. The van der Waals surface area contributed by atoms with E-state index in [0.717, 1.165) is 23.0 Å². The fraction of sp³-hybridized carbons (Fsp3) is 0.429. The molecule has 2 aromatic heterocycles. The van der Waals surface area contributed by atoms with Crippen molar-refractivity contribution in [2.75, 3.05) is 23.5 Å². The minimum atomic E-state index is -2.92. The predicted molar refractivity (Wildman–Crippen MR) is 79.5 cm³/mol. The maximum atomic E-state index is 11.4. The van der Waals surface area contributed by atoms with E-state index in [9.17, 15) is 8.42 Å². The fourth-order valence-corrected chi connectivity index (χ4v) is 3.97. The summed E-state index contributed by atoms with van der Waals surface area (Å²) in [5, 5.41) is 2.11. The molecule has 106 valence electrons. The molecule has 1 saturated heterocycles. The second-order valence-electron chi connectivity index (χ2n) is 5.50. The van der Waals surface area contributed by atoms with Crippen LogP contribution in [-0.2, 0) is 9.84 Å². The van der Waals surface area contributed by atoms with Crippen LogP contribution >= 0.6 is 0 Å². The summed E-state index contributed by atoms with van der Waals surface area (Å²) in [7, 11) is -2.92. The van der Waals surface area contributed by atoms with Crippen molar-refractivity contribution in [3.8, 4) is 0 Å². The first-order valence-electron chi connectivity index (χ1n) is 6.58. The molecule has 0 N–H and O–H groups in total. The van der Waals surface area contributed by atoms with Crippen LogP contribution in [0.3, 0.4) is 0 Å². The summed E-state index contributed by atoms with van der Waals surface area (Å²) < 4.78 is 22.8. The van der Waals surface area contributed by atoms with Crippen molar-refractivity contribution in [2.24, 2.45) is 5.92 Å². The molecule has 0 saturated carbocycles. The van der Waals surface area contributed by atoms with E-state index in [1.54, 1.807) is 6.20 Å². The SMILES string of the molecule is C[C@@H]1[C@@H](CS(C)(=O)=O)CN1c1cncc2ccncc12. The fourth-order valence-electron chi connectivity index (χ4n) is 2.80. The normalized spacial score (nSPS) is 22.8. The Hall–Kier alpha value is -1.69. The largest absolute Gasteiger partial charge is 0.366 e. The number of hydrogen-bond donors (Lipinski definition) is 0. The zero-order valence-electron chi connectivity index (χ0n) is 11.5. The zero-order chi connectivity index (χ0) is 14.3. The van der Waals surface area contributed by atoms with Crippen molar-refractivity contribution in [1.29, 1.82) is 0 Å². The van der Waals surface area contributed by atoms with Crippen molar-refractivity contribution < 1.29 is 8.42 Å². The molecule has 0 aromatic carbocycles. The number of hydrogen-bond acceptors (Lipinski definition) is 5. The molecule has 2 aromatic rings.